The molecular formula is C4F9O3S. The Bertz CT molecular complexity index is 310. The lowest BCUT2D eigenvalue weighted by Gasteiger charge is -2.31. The molecule has 0 saturated heterocycles. The second kappa shape index (κ2) is 4.28. The van der Waals surface area contributed by atoms with Crippen molar-refractivity contribution in [3.8, 4) is 0 Å². The van der Waals surface area contributed by atoms with Crippen LogP contribution in [0.5, 0.6) is 0 Å². The SMILES string of the molecule is [O]S(=O)OC(F)(F)C(F)(F)C(F)(F)C(F)(F)F. The van der Waals surface area contributed by atoms with Gasteiger partial charge < -0.3 is 0 Å². The predicted molar refractivity (Wildman–Crippen MR) is 30.8 cm³/mol. The first kappa shape index (κ1) is 16.4. The largest absolute Gasteiger partial charge is 0.460 e. The lowest BCUT2D eigenvalue weighted by atomic mass is 10.1. The zero-order valence-corrected chi connectivity index (χ0v) is 7.85. The molecule has 0 fully saturated rings. The summed E-state index contributed by atoms with van der Waals surface area (Å²) in [5, 5.41) is 0. The van der Waals surface area contributed by atoms with E-state index in [-0.39, 0.29) is 0 Å². The van der Waals surface area contributed by atoms with Crippen molar-refractivity contribution in [2.24, 2.45) is 0 Å². The summed E-state index contributed by atoms with van der Waals surface area (Å²) in [6.07, 6.45) is -13.6. The van der Waals surface area contributed by atoms with Gasteiger partial charge in [-0.05, 0) is 0 Å². The zero-order chi connectivity index (χ0) is 14.3. The van der Waals surface area contributed by atoms with Crippen molar-refractivity contribution in [2.45, 2.75) is 24.1 Å². The lowest BCUT2D eigenvalue weighted by Crippen LogP contribution is -2.61. The molecule has 0 aliphatic rings. The highest BCUT2D eigenvalue weighted by Gasteiger charge is 2.83. The number of hydrogen-bond donors (Lipinski definition) is 0. The molecule has 0 aromatic heterocycles. The van der Waals surface area contributed by atoms with Crippen LogP contribution in [-0.2, 0) is 20.1 Å². The smallest absolute Gasteiger partial charge is 0.194 e. The minimum atomic E-state index is -7.18. The van der Waals surface area contributed by atoms with Crippen LogP contribution in [0.25, 0.3) is 0 Å². The van der Waals surface area contributed by atoms with E-state index in [4.69, 9.17) is 0 Å². The average Bonchev–Trinajstić information content (AvgIpc) is 1.98. The molecule has 0 N–H and O–H groups in total. The summed E-state index contributed by atoms with van der Waals surface area (Å²) < 4.78 is 128. The Hall–Kier alpha value is -0.560. The van der Waals surface area contributed by atoms with Gasteiger partial charge in [-0.15, -0.1) is 0 Å². The molecule has 0 saturated carbocycles. The molecular weight excluding hydrogens is 299 g/mol. The van der Waals surface area contributed by atoms with Crippen LogP contribution in [0, 0.1) is 0 Å². The van der Waals surface area contributed by atoms with Gasteiger partial charge in [0.25, 0.3) is 0 Å². The van der Waals surface area contributed by atoms with Gasteiger partial charge in [-0.2, -0.15) is 47.9 Å². The Morgan fingerprint density at radius 1 is 0.765 bits per heavy atom. The molecule has 3 nitrogen and oxygen atoms in total. The summed E-state index contributed by atoms with van der Waals surface area (Å²) >= 11 is -4.42. The Morgan fingerprint density at radius 3 is 1.35 bits per heavy atom. The molecule has 1 unspecified atom stereocenters. The number of rotatable bonds is 4. The van der Waals surface area contributed by atoms with E-state index in [9.17, 15) is 48.3 Å². The van der Waals surface area contributed by atoms with Crippen LogP contribution in [0.1, 0.15) is 0 Å². The molecule has 0 spiro atoms. The normalized spacial score (nSPS) is 17.1. The summed E-state index contributed by atoms with van der Waals surface area (Å²) in [7, 11) is 0. The fourth-order valence-corrected chi connectivity index (χ4v) is 0.774. The van der Waals surface area contributed by atoms with Crippen molar-refractivity contribution < 1.29 is 52.5 Å². The third kappa shape index (κ3) is 2.82. The first-order valence-corrected chi connectivity index (χ1v) is 4.15. The van der Waals surface area contributed by atoms with Crippen LogP contribution in [0.3, 0.4) is 0 Å². The maximum Gasteiger partial charge on any atom is 0.460 e. The summed E-state index contributed by atoms with van der Waals surface area (Å²) in [4.78, 5) is 0. The summed E-state index contributed by atoms with van der Waals surface area (Å²) in [6.45, 7) is 0. The van der Waals surface area contributed by atoms with Crippen LogP contribution in [0.4, 0.5) is 39.5 Å². The van der Waals surface area contributed by atoms with E-state index in [2.05, 4.69) is 0 Å². The van der Waals surface area contributed by atoms with Crippen molar-refractivity contribution in [2.75, 3.05) is 0 Å². The number of hydrogen-bond acceptors (Lipinski definition) is 2. The van der Waals surface area contributed by atoms with Crippen molar-refractivity contribution in [3.05, 3.63) is 0 Å². The minimum Gasteiger partial charge on any atom is -0.194 e. The van der Waals surface area contributed by atoms with Gasteiger partial charge >= 0.3 is 35.5 Å². The Labute approximate surface area is 89.0 Å². The quantitative estimate of drug-likeness (QED) is 0.748. The van der Waals surface area contributed by atoms with Gasteiger partial charge in [0.05, 0.1) is 0 Å². The third-order valence-electron chi connectivity index (χ3n) is 1.29. The van der Waals surface area contributed by atoms with Crippen molar-refractivity contribution in [3.63, 3.8) is 0 Å². The van der Waals surface area contributed by atoms with E-state index in [1.54, 1.807) is 0 Å². The molecule has 1 atom stereocenters. The summed E-state index contributed by atoms with van der Waals surface area (Å²) in [6, 6.07) is 0. The molecule has 0 aliphatic carbocycles. The molecule has 0 aromatic rings. The third-order valence-corrected chi connectivity index (χ3v) is 1.63. The number of alkyl halides is 9. The highest BCUT2D eigenvalue weighted by atomic mass is 32.2. The Balaban J connectivity index is 5.47. The number of halogens is 9. The molecule has 0 heterocycles. The van der Waals surface area contributed by atoms with Crippen molar-refractivity contribution >= 4 is 11.4 Å². The second-order valence-electron chi connectivity index (χ2n) is 2.45. The Kier molecular flexibility index (Phi) is 4.13. The van der Waals surface area contributed by atoms with Crippen LogP contribution >= 0.6 is 0 Å². The lowest BCUT2D eigenvalue weighted by molar-refractivity contribution is -0.428. The zero-order valence-electron chi connectivity index (χ0n) is 7.03. The van der Waals surface area contributed by atoms with Crippen LogP contribution in [0.2, 0.25) is 0 Å². The van der Waals surface area contributed by atoms with Gasteiger partial charge in [-0.3, -0.25) is 0 Å². The van der Waals surface area contributed by atoms with Gasteiger partial charge in [-0.25, -0.2) is 0 Å². The highest BCUT2D eigenvalue weighted by molar-refractivity contribution is 7.73. The summed E-state index contributed by atoms with van der Waals surface area (Å²) in [5.74, 6) is -14.3. The molecule has 0 aliphatic heterocycles. The van der Waals surface area contributed by atoms with E-state index in [1.807, 2.05) is 4.18 Å². The summed E-state index contributed by atoms with van der Waals surface area (Å²) in [5.41, 5.74) is 0. The van der Waals surface area contributed by atoms with E-state index in [0.29, 0.717) is 0 Å². The predicted octanol–water partition coefficient (Wildman–Crippen LogP) is 2.44. The first-order chi connectivity index (χ1) is 7.17. The van der Waals surface area contributed by atoms with Gasteiger partial charge in [0.2, 0.25) is 0 Å². The van der Waals surface area contributed by atoms with Gasteiger partial charge in [0, 0.05) is 0 Å². The molecule has 103 valence electrons. The van der Waals surface area contributed by atoms with Crippen LogP contribution in [0.15, 0.2) is 0 Å². The van der Waals surface area contributed by atoms with E-state index < -0.39 is 35.5 Å². The van der Waals surface area contributed by atoms with E-state index >= 15 is 0 Å². The second-order valence-corrected chi connectivity index (χ2v) is 3.03. The molecule has 17 heavy (non-hydrogen) atoms. The molecule has 0 amide bonds. The maximum absolute atomic E-state index is 12.2. The van der Waals surface area contributed by atoms with Gasteiger partial charge in [0.1, 0.15) is 0 Å². The fraction of sp³-hybridized carbons (Fsp3) is 1.00. The Morgan fingerprint density at radius 2 is 1.12 bits per heavy atom. The molecule has 0 aromatic carbocycles. The van der Waals surface area contributed by atoms with E-state index in [0.717, 1.165) is 0 Å². The van der Waals surface area contributed by atoms with Gasteiger partial charge in [-0.1, -0.05) is 4.55 Å². The fourth-order valence-electron chi connectivity index (χ4n) is 0.499. The molecule has 1 radical (unpaired) electrons. The standard InChI is InChI=1S/C4F9O3S/c5-1(6,3(9,10)11)2(7,8)4(12,13)16-17(14)15. The van der Waals surface area contributed by atoms with Gasteiger partial charge in [0.15, 0.2) is 0 Å². The minimum absolute atomic E-state index is 2.04. The molecule has 0 rings (SSSR count). The van der Waals surface area contributed by atoms with E-state index in [1.165, 1.54) is 0 Å². The van der Waals surface area contributed by atoms with Crippen molar-refractivity contribution in [1.29, 1.82) is 0 Å². The first-order valence-electron chi connectivity index (χ1n) is 3.15. The topological polar surface area (TPSA) is 46.2 Å². The average molecular weight is 299 g/mol. The maximum atomic E-state index is 12.2. The molecule has 13 heteroatoms. The van der Waals surface area contributed by atoms with Crippen LogP contribution in [-0.4, -0.2) is 28.3 Å². The van der Waals surface area contributed by atoms with Crippen molar-refractivity contribution in [1.82, 2.24) is 0 Å². The highest BCUT2D eigenvalue weighted by Crippen LogP contribution is 2.53. The molecule has 0 bridgehead atoms. The van der Waals surface area contributed by atoms with Crippen LogP contribution < -0.4 is 0 Å². The monoisotopic (exact) mass is 299 g/mol.